The summed E-state index contributed by atoms with van der Waals surface area (Å²) in [5.41, 5.74) is 2.30. The summed E-state index contributed by atoms with van der Waals surface area (Å²) >= 11 is 1.19. The molecule has 0 amide bonds. The maximum Gasteiger partial charge on any atom is 0.238 e. The molecule has 0 aliphatic heterocycles. The molecule has 0 saturated heterocycles. The molecule has 0 fully saturated rings. The van der Waals surface area contributed by atoms with Crippen molar-refractivity contribution in [3.05, 3.63) is 42.1 Å². The third-order valence-electron chi connectivity index (χ3n) is 1.87. The maximum atomic E-state index is 13.0. The SMILES string of the molecule is NNc1nccc(Sc2ccc(F)c(F)c2)n1. The average molecular weight is 254 g/mol. The van der Waals surface area contributed by atoms with E-state index >= 15 is 0 Å². The highest BCUT2D eigenvalue weighted by atomic mass is 32.2. The molecular formula is C10H8F2N4S. The number of halogens is 2. The van der Waals surface area contributed by atoms with Crippen LogP contribution in [0.25, 0.3) is 0 Å². The number of hydrogen-bond acceptors (Lipinski definition) is 5. The molecule has 0 radical (unpaired) electrons. The fourth-order valence-electron chi connectivity index (χ4n) is 1.13. The first-order valence-electron chi connectivity index (χ1n) is 4.61. The molecule has 1 aromatic carbocycles. The lowest BCUT2D eigenvalue weighted by atomic mass is 10.3. The van der Waals surface area contributed by atoms with Gasteiger partial charge in [-0.1, -0.05) is 11.8 Å². The second-order valence-electron chi connectivity index (χ2n) is 3.04. The van der Waals surface area contributed by atoms with Crippen LogP contribution < -0.4 is 11.3 Å². The Morgan fingerprint density at radius 3 is 2.71 bits per heavy atom. The minimum absolute atomic E-state index is 0.262. The Morgan fingerprint density at radius 1 is 1.18 bits per heavy atom. The van der Waals surface area contributed by atoms with E-state index in [0.717, 1.165) is 12.1 Å². The molecule has 0 atom stereocenters. The molecule has 2 rings (SSSR count). The Bertz CT molecular complexity index is 535. The van der Waals surface area contributed by atoms with Gasteiger partial charge in [-0.05, 0) is 24.3 Å². The van der Waals surface area contributed by atoms with Crippen molar-refractivity contribution >= 4 is 17.7 Å². The van der Waals surface area contributed by atoms with E-state index in [4.69, 9.17) is 5.84 Å². The van der Waals surface area contributed by atoms with E-state index in [0.29, 0.717) is 9.92 Å². The molecule has 2 aromatic rings. The van der Waals surface area contributed by atoms with Gasteiger partial charge in [0.15, 0.2) is 11.6 Å². The van der Waals surface area contributed by atoms with Gasteiger partial charge in [0.25, 0.3) is 0 Å². The lowest BCUT2D eigenvalue weighted by Gasteiger charge is -2.03. The first-order chi connectivity index (χ1) is 8.19. The largest absolute Gasteiger partial charge is 0.292 e. The predicted molar refractivity (Wildman–Crippen MR) is 60.3 cm³/mol. The van der Waals surface area contributed by atoms with Crippen LogP contribution in [0, 0.1) is 11.6 Å². The molecule has 0 spiro atoms. The van der Waals surface area contributed by atoms with Crippen LogP contribution in [0.3, 0.4) is 0 Å². The van der Waals surface area contributed by atoms with Gasteiger partial charge in [-0.3, -0.25) is 5.43 Å². The first-order valence-corrected chi connectivity index (χ1v) is 5.43. The fourth-order valence-corrected chi connectivity index (χ4v) is 1.93. The van der Waals surface area contributed by atoms with Gasteiger partial charge in [-0.25, -0.2) is 24.6 Å². The van der Waals surface area contributed by atoms with Crippen molar-refractivity contribution in [3.63, 3.8) is 0 Å². The molecule has 3 N–H and O–H groups in total. The topological polar surface area (TPSA) is 63.8 Å². The molecule has 0 saturated carbocycles. The number of nitrogens with two attached hydrogens (primary N) is 1. The van der Waals surface area contributed by atoms with Gasteiger partial charge in [0, 0.05) is 11.1 Å². The zero-order valence-corrected chi connectivity index (χ0v) is 9.34. The zero-order chi connectivity index (χ0) is 12.3. The number of nitrogen functional groups attached to an aromatic ring is 1. The summed E-state index contributed by atoms with van der Waals surface area (Å²) in [6, 6.07) is 5.30. The molecular weight excluding hydrogens is 246 g/mol. The maximum absolute atomic E-state index is 13.0. The third kappa shape index (κ3) is 2.89. The summed E-state index contributed by atoms with van der Waals surface area (Å²) in [6.45, 7) is 0. The van der Waals surface area contributed by atoms with Gasteiger partial charge in [0.05, 0.1) is 0 Å². The summed E-state index contributed by atoms with van der Waals surface area (Å²) < 4.78 is 25.7. The number of nitrogens with one attached hydrogen (secondary N) is 1. The van der Waals surface area contributed by atoms with Crippen molar-refractivity contribution < 1.29 is 8.78 Å². The quantitative estimate of drug-likeness (QED) is 0.499. The molecule has 0 bridgehead atoms. The number of benzene rings is 1. The number of anilines is 1. The van der Waals surface area contributed by atoms with Crippen molar-refractivity contribution in [2.24, 2.45) is 5.84 Å². The monoisotopic (exact) mass is 254 g/mol. The molecule has 7 heteroatoms. The standard InChI is InChI=1S/C10H8F2N4S/c11-7-2-1-6(5-8(7)12)17-9-3-4-14-10(15-9)16-13/h1-5H,13H2,(H,14,15,16). The van der Waals surface area contributed by atoms with Gasteiger partial charge >= 0.3 is 0 Å². The minimum atomic E-state index is -0.888. The van der Waals surface area contributed by atoms with Crippen LogP contribution in [0.2, 0.25) is 0 Å². The van der Waals surface area contributed by atoms with Crippen LogP contribution in [-0.2, 0) is 0 Å². The Morgan fingerprint density at radius 2 is 2.00 bits per heavy atom. The predicted octanol–water partition coefficient (Wildman–Crippen LogP) is 2.19. The van der Waals surface area contributed by atoms with Crippen LogP contribution in [-0.4, -0.2) is 9.97 Å². The second kappa shape index (κ2) is 5.07. The molecule has 1 heterocycles. The van der Waals surface area contributed by atoms with Crippen LogP contribution in [0.5, 0.6) is 0 Å². The fraction of sp³-hybridized carbons (Fsp3) is 0. The van der Waals surface area contributed by atoms with Gasteiger partial charge in [0.2, 0.25) is 5.95 Å². The van der Waals surface area contributed by atoms with Crippen molar-refractivity contribution in [2.45, 2.75) is 9.92 Å². The smallest absolute Gasteiger partial charge is 0.238 e. The van der Waals surface area contributed by atoms with Crippen LogP contribution in [0.1, 0.15) is 0 Å². The highest BCUT2D eigenvalue weighted by Crippen LogP contribution is 2.27. The summed E-state index contributed by atoms with van der Waals surface area (Å²) in [6.07, 6.45) is 1.52. The van der Waals surface area contributed by atoms with Gasteiger partial charge in [-0.2, -0.15) is 0 Å². The van der Waals surface area contributed by atoms with Gasteiger partial charge in [0.1, 0.15) is 5.03 Å². The zero-order valence-electron chi connectivity index (χ0n) is 8.52. The van der Waals surface area contributed by atoms with Crippen LogP contribution in [0.4, 0.5) is 14.7 Å². The number of hydrazine groups is 1. The summed E-state index contributed by atoms with van der Waals surface area (Å²) in [4.78, 5) is 8.42. The molecule has 88 valence electrons. The molecule has 17 heavy (non-hydrogen) atoms. The van der Waals surface area contributed by atoms with Crippen molar-refractivity contribution in [1.82, 2.24) is 9.97 Å². The number of nitrogens with zero attached hydrogens (tertiary/aromatic N) is 2. The van der Waals surface area contributed by atoms with Gasteiger partial charge in [-0.15, -0.1) is 0 Å². The Labute approximate surface area is 100 Å². The van der Waals surface area contributed by atoms with Crippen molar-refractivity contribution in [1.29, 1.82) is 0 Å². The molecule has 0 unspecified atom stereocenters. The van der Waals surface area contributed by atoms with E-state index in [1.54, 1.807) is 6.07 Å². The second-order valence-corrected chi connectivity index (χ2v) is 4.13. The Hall–Kier alpha value is -1.73. The van der Waals surface area contributed by atoms with E-state index in [2.05, 4.69) is 15.4 Å². The average Bonchev–Trinajstić information content (AvgIpc) is 2.34. The number of hydrogen-bond donors (Lipinski definition) is 2. The molecule has 1 aromatic heterocycles. The van der Waals surface area contributed by atoms with Crippen LogP contribution in [0.15, 0.2) is 40.4 Å². The Kier molecular flexibility index (Phi) is 3.50. The van der Waals surface area contributed by atoms with Crippen molar-refractivity contribution in [3.8, 4) is 0 Å². The van der Waals surface area contributed by atoms with E-state index < -0.39 is 11.6 Å². The molecule has 4 nitrogen and oxygen atoms in total. The van der Waals surface area contributed by atoms with E-state index in [9.17, 15) is 8.78 Å². The van der Waals surface area contributed by atoms with Gasteiger partial charge < -0.3 is 0 Å². The van der Waals surface area contributed by atoms with E-state index in [-0.39, 0.29) is 5.95 Å². The normalized spacial score (nSPS) is 10.3. The van der Waals surface area contributed by atoms with E-state index in [1.807, 2.05) is 0 Å². The third-order valence-corrected chi connectivity index (χ3v) is 2.80. The minimum Gasteiger partial charge on any atom is -0.292 e. The molecule has 0 aliphatic rings. The lowest BCUT2D eigenvalue weighted by Crippen LogP contribution is -2.10. The number of aromatic nitrogens is 2. The Balaban J connectivity index is 2.22. The van der Waals surface area contributed by atoms with Crippen molar-refractivity contribution in [2.75, 3.05) is 5.43 Å². The highest BCUT2D eigenvalue weighted by Gasteiger charge is 2.05. The summed E-state index contributed by atoms with van der Waals surface area (Å²) in [7, 11) is 0. The van der Waals surface area contributed by atoms with E-state index in [1.165, 1.54) is 24.0 Å². The van der Waals surface area contributed by atoms with Crippen LogP contribution >= 0.6 is 11.8 Å². The highest BCUT2D eigenvalue weighted by molar-refractivity contribution is 7.99. The first kappa shape index (κ1) is 11.7. The summed E-state index contributed by atoms with van der Waals surface area (Å²) in [5.74, 6) is 3.66. The summed E-state index contributed by atoms with van der Waals surface area (Å²) in [5, 5.41) is 0.582. The number of rotatable bonds is 3. The lowest BCUT2D eigenvalue weighted by molar-refractivity contribution is 0.506. The molecule has 0 aliphatic carbocycles.